The predicted octanol–water partition coefficient (Wildman–Crippen LogP) is 2.56. The Kier molecular flexibility index (Phi) is 4.82. The molecule has 1 atom stereocenters. The van der Waals surface area contributed by atoms with Crippen molar-refractivity contribution in [3.63, 3.8) is 0 Å². The predicted molar refractivity (Wildman–Crippen MR) is 76.1 cm³/mol. The van der Waals surface area contributed by atoms with Crippen LogP contribution < -0.4 is 4.74 Å². The molecule has 1 saturated heterocycles. The molecule has 1 fully saturated rings. The second-order valence-corrected chi connectivity index (χ2v) is 6.28. The monoisotopic (exact) mass is 283 g/mol. The lowest BCUT2D eigenvalue weighted by Gasteiger charge is -2.27. The molecule has 1 aromatic rings. The summed E-state index contributed by atoms with van der Waals surface area (Å²) in [5.41, 5.74) is 0. The summed E-state index contributed by atoms with van der Waals surface area (Å²) in [6.07, 6.45) is 2.23. The maximum Gasteiger partial charge on any atom is 0.267 e. The molecule has 106 valence electrons. The molecule has 0 radical (unpaired) electrons. The molecule has 0 bridgehead atoms. The van der Waals surface area contributed by atoms with E-state index in [1.165, 1.54) is 11.3 Å². The van der Waals surface area contributed by atoms with Gasteiger partial charge in [-0.3, -0.25) is 4.79 Å². The van der Waals surface area contributed by atoms with Crippen LogP contribution >= 0.6 is 11.3 Å². The van der Waals surface area contributed by atoms with Crippen molar-refractivity contribution in [1.29, 1.82) is 0 Å². The highest BCUT2D eigenvalue weighted by molar-refractivity contribution is 7.14. The summed E-state index contributed by atoms with van der Waals surface area (Å²) in [6, 6.07) is 1.91. The van der Waals surface area contributed by atoms with Crippen LogP contribution in [0.2, 0.25) is 0 Å². The average molecular weight is 283 g/mol. The van der Waals surface area contributed by atoms with Gasteiger partial charge in [-0.1, -0.05) is 0 Å². The first-order valence-electron chi connectivity index (χ1n) is 6.59. The second kappa shape index (κ2) is 6.39. The zero-order valence-corrected chi connectivity index (χ0v) is 12.6. The van der Waals surface area contributed by atoms with E-state index in [2.05, 4.69) is 0 Å². The molecule has 2 rings (SSSR count). The van der Waals surface area contributed by atoms with Gasteiger partial charge in [-0.2, -0.15) is 0 Å². The van der Waals surface area contributed by atoms with E-state index in [4.69, 9.17) is 9.47 Å². The molecule has 0 spiro atoms. The van der Waals surface area contributed by atoms with Gasteiger partial charge in [0, 0.05) is 25.1 Å². The van der Waals surface area contributed by atoms with Gasteiger partial charge in [0.15, 0.2) is 0 Å². The highest BCUT2D eigenvalue weighted by atomic mass is 32.1. The standard InChI is InChI=1S/C14H21NO3S/c1-10-7-12(17-3)13(19-10)14(16)15(2)8-11-5-4-6-18-9-11/h7,11H,4-6,8-9H2,1-3H3. The van der Waals surface area contributed by atoms with Gasteiger partial charge in [-0.15, -0.1) is 11.3 Å². The van der Waals surface area contributed by atoms with Gasteiger partial charge in [0.25, 0.3) is 5.91 Å². The molecule has 1 aliphatic rings. The first kappa shape index (κ1) is 14.3. The summed E-state index contributed by atoms with van der Waals surface area (Å²) < 4.78 is 10.7. The van der Waals surface area contributed by atoms with Crippen molar-refractivity contribution in [2.75, 3.05) is 33.9 Å². The average Bonchev–Trinajstić information content (AvgIpc) is 2.80. The maximum absolute atomic E-state index is 12.4. The van der Waals surface area contributed by atoms with Gasteiger partial charge in [0.2, 0.25) is 0 Å². The molecule has 0 aromatic carbocycles. The largest absolute Gasteiger partial charge is 0.495 e. The van der Waals surface area contributed by atoms with Gasteiger partial charge >= 0.3 is 0 Å². The normalized spacial score (nSPS) is 19.2. The van der Waals surface area contributed by atoms with E-state index < -0.39 is 0 Å². The number of carbonyl (C=O) groups is 1. The Labute approximate surface area is 118 Å². The van der Waals surface area contributed by atoms with Gasteiger partial charge < -0.3 is 14.4 Å². The molecule has 0 aliphatic carbocycles. The lowest BCUT2D eigenvalue weighted by molar-refractivity contribution is 0.0389. The highest BCUT2D eigenvalue weighted by Crippen LogP contribution is 2.30. The van der Waals surface area contributed by atoms with E-state index in [1.54, 1.807) is 12.0 Å². The molecule has 0 saturated carbocycles. The second-order valence-electron chi connectivity index (χ2n) is 5.02. The number of carbonyl (C=O) groups excluding carboxylic acids is 1. The third-order valence-electron chi connectivity index (χ3n) is 3.37. The molecule has 19 heavy (non-hydrogen) atoms. The third-order valence-corrected chi connectivity index (χ3v) is 4.39. The smallest absolute Gasteiger partial charge is 0.267 e. The highest BCUT2D eigenvalue weighted by Gasteiger charge is 2.23. The van der Waals surface area contributed by atoms with Crippen LogP contribution in [-0.4, -0.2) is 44.7 Å². The third kappa shape index (κ3) is 3.48. The van der Waals surface area contributed by atoms with Crippen molar-refractivity contribution in [2.24, 2.45) is 5.92 Å². The fraction of sp³-hybridized carbons (Fsp3) is 0.643. The molecule has 1 unspecified atom stereocenters. The van der Waals surface area contributed by atoms with E-state index in [9.17, 15) is 4.79 Å². The van der Waals surface area contributed by atoms with Crippen molar-refractivity contribution in [3.05, 3.63) is 15.8 Å². The van der Waals surface area contributed by atoms with Crippen LogP contribution in [0.25, 0.3) is 0 Å². The quantitative estimate of drug-likeness (QED) is 0.852. The number of thiophene rings is 1. The molecular formula is C14H21NO3S. The Morgan fingerprint density at radius 1 is 1.63 bits per heavy atom. The molecule has 1 aliphatic heterocycles. The van der Waals surface area contributed by atoms with Crippen molar-refractivity contribution in [3.8, 4) is 5.75 Å². The van der Waals surface area contributed by atoms with E-state index in [0.29, 0.717) is 16.5 Å². The van der Waals surface area contributed by atoms with Gasteiger partial charge in [-0.25, -0.2) is 0 Å². The molecule has 5 heteroatoms. The Morgan fingerprint density at radius 3 is 3.05 bits per heavy atom. The summed E-state index contributed by atoms with van der Waals surface area (Å²) >= 11 is 1.49. The molecule has 1 amide bonds. The summed E-state index contributed by atoms with van der Waals surface area (Å²) in [5, 5.41) is 0. The number of amides is 1. The summed E-state index contributed by atoms with van der Waals surface area (Å²) in [5.74, 6) is 1.18. The number of rotatable bonds is 4. The number of ether oxygens (including phenoxy) is 2. The molecular weight excluding hydrogens is 262 g/mol. The molecule has 0 N–H and O–H groups in total. The lowest BCUT2D eigenvalue weighted by Crippen LogP contribution is -2.34. The fourth-order valence-corrected chi connectivity index (χ4v) is 3.36. The van der Waals surface area contributed by atoms with Crippen LogP contribution in [0.4, 0.5) is 0 Å². The molecule has 1 aromatic heterocycles. The zero-order chi connectivity index (χ0) is 13.8. The molecule has 2 heterocycles. The first-order valence-corrected chi connectivity index (χ1v) is 7.41. The number of hydrogen-bond donors (Lipinski definition) is 0. The van der Waals surface area contributed by atoms with E-state index >= 15 is 0 Å². The van der Waals surface area contributed by atoms with E-state index in [-0.39, 0.29) is 5.91 Å². The van der Waals surface area contributed by atoms with Crippen molar-refractivity contribution in [2.45, 2.75) is 19.8 Å². The number of aryl methyl sites for hydroxylation is 1. The van der Waals surface area contributed by atoms with Crippen molar-refractivity contribution in [1.82, 2.24) is 4.90 Å². The summed E-state index contributed by atoms with van der Waals surface area (Å²) in [7, 11) is 3.46. The van der Waals surface area contributed by atoms with Gasteiger partial charge in [0.05, 0.1) is 13.7 Å². The van der Waals surface area contributed by atoms with Crippen LogP contribution in [0.5, 0.6) is 5.75 Å². The Bertz CT molecular complexity index is 438. The van der Waals surface area contributed by atoms with Gasteiger partial charge in [0.1, 0.15) is 10.6 Å². The Morgan fingerprint density at radius 2 is 2.42 bits per heavy atom. The van der Waals surface area contributed by atoms with Crippen molar-refractivity contribution < 1.29 is 14.3 Å². The van der Waals surface area contributed by atoms with Crippen LogP contribution in [0.3, 0.4) is 0 Å². The zero-order valence-electron chi connectivity index (χ0n) is 11.8. The van der Waals surface area contributed by atoms with Crippen LogP contribution in [0.1, 0.15) is 27.4 Å². The number of nitrogens with zero attached hydrogens (tertiary/aromatic N) is 1. The van der Waals surface area contributed by atoms with Crippen LogP contribution in [-0.2, 0) is 4.74 Å². The van der Waals surface area contributed by atoms with E-state index in [0.717, 1.165) is 37.5 Å². The topological polar surface area (TPSA) is 38.8 Å². The molecule has 4 nitrogen and oxygen atoms in total. The minimum Gasteiger partial charge on any atom is -0.495 e. The summed E-state index contributed by atoms with van der Waals surface area (Å²) in [6.45, 7) is 4.35. The van der Waals surface area contributed by atoms with Crippen LogP contribution in [0.15, 0.2) is 6.07 Å². The Balaban J connectivity index is 2.01. The van der Waals surface area contributed by atoms with Gasteiger partial charge in [-0.05, 0) is 31.7 Å². The SMILES string of the molecule is COc1cc(C)sc1C(=O)N(C)CC1CCCOC1. The minimum absolute atomic E-state index is 0.0422. The first-order chi connectivity index (χ1) is 9.11. The number of hydrogen-bond acceptors (Lipinski definition) is 4. The number of methoxy groups -OCH3 is 1. The Hall–Kier alpha value is -1.07. The van der Waals surface area contributed by atoms with Crippen LogP contribution in [0, 0.1) is 12.8 Å². The summed E-state index contributed by atoms with van der Waals surface area (Å²) in [4.78, 5) is 16.0. The minimum atomic E-state index is 0.0422. The van der Waals surface area contributed by atoms with E-state index in [1.807, 2.05) is 20.0 Å². The fourth-order valence-electron chi connectivity index (χ4n) is 2.39. The maximum atomic E-state index is 12.4. The van der Waals surface area contributed by atoms with Crippen molar-refractivity contribution >= 4 is 17.2 Å². The lowest BCUT2D eigenvalue weighted by atomic mass is 10.0.